The van der Waals surface area contributed by atoms with E-state index in [9.17, 15) is 9.59 Å². The van der Waals surface area contributed by atoms with Crippen molar-refractivity contribution in [2.24, 2.45) is 0 Å². The number of ether oxygens (including phenoxy) is 1. The van der Waals surface area contributed by atoms with Gasteiger partial charge in [-0.15, -0.1) is 0 Å². The van der Waals surface area contributed by atoms with E-state index in [1.807, 2.05) is 30.3 Å². The third kappa shape index (κ3) is 3.78. The Morgan fingerprint density at radius 2 is 1.48 bits per heavy atom. The van der Waals surface area contributed by atoms with E-state index in [2.05, 4.69) is 0 Å². The molecule has 7 heteroatoms. The summed E-state index contributed by atoms with van der Waals surface area (Å²) in [6.07, 6.45) is 0. The van der Waals surface area contributed by atoms with Gasteiger partial charge < -0.3 is 9.64 Å². The summed E-state index contributed by atoms with van der Waals surface area (Å²) in [4.78, 5) is 30.1. The van der Waals surface area contributed by atoms with Crippen LogP contribution in [0.4, 0.5) is 11.4 Å². The van der Waals surface area contributed by atoms with E-state index in [1.165, 1.54) is 7.11 Å². The van der Waals surface area contributed by atoms with Crippen molar-refractivity contribution in [3.8, 4) is 5.75 Å². The zero-order chi connectivity index (χ0) is 22.1. The molecule has 1 aliphatic heterocycles. The number of halogens is 2. The van der Waals surface area contributed by atoms with E-state index in [0.717, 1.165) is 10.6 Å². The second kappa shape index (κ2) is 8.46. The van der Waals surface area contributed by atoms with Crippen LogP contribution in [0.15, 0.2) is 78.5 Å². The van der Waals surface area contributed by atoms with Gasteiger partial charge in [-0.25, -0.2) is 4.90 Å². The maximum atomic E-state index is 13.6. The summed E-state index contributed by atoms with van der Waals surface area (Å²) in [6, 6.07) is 21.0. The molecule has 2 amide bonds. The van der Waals surface area contributed by atoms with Crippen LogP contribution in [-0.4, -0.2) is 26.0 Å². The zero-order valence-corrected chi connectivity index (χ0v) is 18.3. The number of rotatable bonds is 5. The molecule has 0 spiro atoms. The van der Waals surface area contributed by atoms with E-state index < -0.39 is 11.8 Å². The van der Waals surface area contributed by atoms with Crippen molar-refractivity contribution in [3.63, 3.8) is 0 Å². The number of carbonyl (C=O) groups is 2. The molecule has 1 aliphatic rings. The number of likely N-dealkylation sites (N-methyl/N-ethyl adjacent to an activating group) is 1. The Kier molecular flexibility index (Phi) is 5.72. The Balaban J connectivity index is 1.91. The number of amides is 2. The topological polar surface area (TPSA) is 49.9 Å². The van der Waals surface area contributed by atoms with Gasteiger partial charge in [0.15, 0.2) is 0 Å². The summed E-state index contributed by atoms with van der Waals surface area (Å²) in [5, 5.41) is 0.918. The first-order chi connectivity index (χ1) is 14.9. The third-order valence-electron chi connectivity index (χ3n) is 5.05. The molecule has 0 bridgehead atoms. The Bertz CT molecular complexity index is 1190. The minimum atomic E-state index is -0.470. The molecule has 0 saturated heterocycles. The molecular formula is C24H18Cl2N2O3. The number of anilines is 2. The van der Waals surface area contributed by atoms with E-state index in [-0.39, 0.29) is 17.0 Å². The van der Waals surface area contributed by atoms with Crippen molar-refractivity contribution >= 4 is 52.0 Å². The van der Waals surface area contributed by atoms with Crippen LogP contribution in [0.3, 0.4) is 0 Å². The maximum Gasteiger partial charge on any atom is 0.282 e. The van der Waals surface area contributed by atoms with Crippen molar-refractivity contribution in [1.82, 2.24) is 0 Å². The highest BCUT2D eigenvalue weighted by Gasteiger charge is 2.43. The van der Waals surface area contributed by atoms with Gasteiger partial charge in [-0.2, -0.15) is 0 Å². The fourth-order valence-electron chi connectivity index (χ4n) is 3.54. The van der Waals surface area contributed by atoms with Crippen LogP contribution in [0.1, 0.15) is 5.56 Å². The van der Waals surface area contributed by atoms with Crippen molar-refractivity contribution in [3.05, 3.63) is 94.1 Å². The Morgan fingerprint density at radius 3 is 2.13 bits per heavy atom. The van der Waals surface area contributed by atoms with E-state index >= 15 is 0 Å². The van der Waals surface area contributed by atoms with Gasteiger partial charge in [0.05, 0.1) is 18.4 Å². The summed E-state index contributed by atoms with van der Waals surface area (Å²) in [5.74, 6) is -0.572. The second-order valence-electron chi connectivity index (χ2n) is 6.89. The first kappa shape index (κ1) is 21.0. The van der Waals surface area contributed by atoms with Crippen molar-refractivity contribution in [1.29, 1.82) is 0 Å². The fourth-order valence-corrected chi connectivity index (χ4v) is 3.84. The molecule has 156 valence electrons. The lowest BCUT2D eigenvalue weighted by atomic mass is 10.0. The predicted octanol–water partition coefficient (Wildman–Crippen LogP) is 5.42. The van der Waals surface area contributed by atoms with Gasteiger partial charge in [-0.05, 0) is 48.0 Å². The highest BCUT2D eigenvalue weighted by Crippen LogP contribution is 2.40. The minimum absolute atomic E-state index is 0.251. The Labute approximate surface area is 190 Å². The molecule has 0 N–H and O–H groups in total. The van der Waals surface area contributed by atoms with Crippen LogP contribution in [0.2, 0.25) is 10.0 Å². The van der Waals surface area contributed by atoms with Gasteiger partial charge in [0, 0.05) is 22.8 Å². The van der Waals surface area contributed by atoms with Crippen molar-refractivity contribution in [2.45, 2.75) is 0 Å². The lowest BCUT2D eigenvalue weighted by Crippen LogP contribution is -2.34. The average molecular weight is 453 g/mol. The Morgan fingerprint density at radius 1 is 0.839 bits per heavy atom. The molecule has 0 radical (unpaired) electrons. The molecule has 0 aromatic heterocycles. The molecule has 0 aliphatic carbocycles. The molecule has 4 rings (SSSR count). The van der Waals surface area contributed by atoms with Crippen LogP contribution < -0.4 is 14.5 Å². The van der Waals surface area contributed by atoms with Gasteiger partial charge in [0.1, 0.15) is 11.4 Å². The van der Waals surface area contributed by atoms with Gasteiger partial charge in [-0.3, -0.25) is 9.59 Å². The summed E-state index contributed by atoms with van der Waals surface area (Å²) >= 11 is 12.2. The van der Waals surface area contributed by atoms with Crippen LogP contribution in [-0.2, 0) is 9.59 Å². The summed E-state index contributed by atoms with van der Waals surface area (Å²) < 4.78 is 5.39. The number of imide groups is 1. The standard InChI is InChI=1S/C24H18Cl2N2O3/c1-27(18-6-4-3-5-7-18)22-21(15-8-10-16(25)11-9-15)23(29)28(24(22)30)19-14-17(26)12-13-20(19)31-2/h3-14H,1-2H3. The molecule has 1 heterocycles. The van der Waals surface area contributed by atoms with E-state index in [0.29, 0.717) is 21.4 Å². The molecule has 31 heavy (non-hydrogen) atoms. The molecule has 5 nitrogen and oxygen atoms in total. The number of methoxy groups -OCH3 is 1. The number of hydrogen-bond acceptors (Lipinski definition) is 4. The van der Waals surface area contributed by atoms with Crippen LogP contribution in [0.5, 0.6) is 5.75 Å². The summed E-state index contributed by atoms with van der Waals surface area (Å²) in [7, 11) is 3.23. The number of carbonyl (C=O) groups excluding carboxylic acids is 2. The molecule has 0 atom stereocenters. The number of benzene rings is 3. The number of hydrogen-bond donors (Lipinski definition) is 0. The van der Waals surface area contributed by atoms with Gasteiger partial charge in [0.2, 0.25) is 0 Å². The molecule has 3 aromatic carbocycles. The quantitative estimate of drug-likeness (QED) is 0.484. The lowest BCUT2D eigenvalue weighted by molar-refractivity contribution is -0.120. The monoisotopic (exact) mass is 452 g/mol. The Hall–Kier alpha value is -3.28. The lowest BCUT2D eigenvalue weighted by Gasteiger charge is -2.22. The van der Waals surface area contributed by atoms with Crippen molar-refractivity contribution in [2.75, 3.05) is 24.0 Å². The van der Waals surface area contributed by atoms with E-state index in [4.69, 9.17) is 27.9 Å². The largest absolute Gasteiger partial charge is 0.495 e. The molecular weight excluding hydrogens is 435 g/mol. The predicted molar refractivity (Wildman–Crippen MR) is 124 cm³/mol. The molecule has 0 unspecified atom stereocenters. The molecule has 3 aromatic rings. The molecule has 0 saturated carbocycles. The van der Waals surface area contributed by atoms with Gasteiger partial charge >= 0.3 is 0 Å². The van der Waals surface area contributed by atoms with Gasteiger partial charge in [0.25, 0.3) is 11.8 Å². The normalized spacial score (nSPS) is 13.7. The van der Waals surface area contributed by atoms with Crippen molar-refractivity contribution < 1.29 is 14.3 Å². The maximum absolute atomic E-state index is 13.6. The summed E-state index contributed by atoms with van der Waals surface area (Å²) in [5.41, 5.74) is 2.16. The number of nitrogens with zero attached hydrogens (tertiary/aromatic N) is 2. The second-order valence-corrected chi connectivity index (χ2v) is 7.76. The van der Waals surface area contributed by atoms with Crippen LogP contribution >= 0.6 is 23.2 Å². The van der Waals surface area contributed by atoms with Crippen LogP contribution in [0.25, 0.3) is 5.57 Å². The van der Waals surface area contributed by atoms with Crippen LogP contribution in [0, 0.1) is 0 Å². The fraction of sp³-hybridized carbons (Fsp3) is 0.0833. The van der Waals surface area contributed by atoms with Gasteiger partial charge in [-0.1, -0.05) is 53.5 Å². The number of para-hydroxylation sites is 1. The third-order valence-corrected chi connectivity index (χ3v) is 5.54. The zero-order valence-electron chi connectivity index (χ0n) is 16.8. The average Bonchev–Trinajstić information content (AvgIpc) is 3.04. The SMILES string of the molecule is COc1ccc(Cl)cc1N1C(=O)C(c2ccc(Cl)cc2)=C(N(C)c2ccccc2)C1=O. The summed E-state index contributed by atoms with van der Waals surface area (Å²) in [6.45, 7) is 0. The smallest absolute Gasteiger partial charge is 0.282 e. The van der Waals surface area contributed by atoms with E-state index in [1.54, 1.807) is 54.4 Å². The minimum Gasteiger partial charge on any atom is -0.495 e. The highest BCUT2D eigenvalue weighted by atomic mass is 35.5. The molecule has 0 fully saturated rings. The first-order valence-corrected chi connectivity index (χ1v) is 10.2. The highest BCUT2D eigenvalue weighted by molar-refractivity contribution is 6.47. The first-order valence-electron chi connectivity index (χ1n) is 9.43.